The van der Waals surface area contributed by atoms with Gasteiger partial charge in [-0.2, -0.15) is 10.2 Å². The lowest BCUT2D eigenvalue weighted by Crippen LogP contribution is -2.13. The lowest BCUT2D eigenvalue weighted by atomic mass is 10.1. The first-order valence-electron chi connectivity index (χ1n) is 9.86. The van der Waals surface area contributed by atoms with Gasteiger partial charge in [-0.05, 0) is 48.0 Å². The second kappa shape index (κ2) is 8.26. The number of halogens is 1. The standard InChI is InChI=1S/C23H18ClN7O/c24-18-4-1-3-15(9-18)23(32)29-19-7-6-16(11-25)20(10-19)30-14-17(12-28-30)21-13-26-22-5-2-8-27-31(21)22/h1-10,12-14H,11,25H2,(H,29,32). The monoisotopic (exact) mass is 443 g/mol. The lowest BCUT2D eigenvalue weighted by molar-refractivity contribution is 0.102. The van der Waals surface area contributed by atoms with Gasteiger partial charge in [0.25, 0.3) is 5.91 Å². The highest BCUT2D eigenvalue weighted by Crippen LogP contribution is 2.24. The number of hydrogen-bond donors (Lipinski definition) is 2. The summed E-state index contributed by atoms with van der Waals surface area (Å²) in [6, 6.07) is 16.0. The molecule has 8 nitrogen and oxygen atoms in total. The molecule has 0 saturated heterocycles. The third-order valence-corrected chi connectivity index (χ3v) is 5.29. The SMILES string of the molecule is NCc1ccc(NC(=O)c2cccc(Cl)c2)cc1-n1cc(-c2cnc3cccnn23)cn1. The zero-order valence-electron chi connectivity index (χ0n) is 16.8. The molecule has 0 aliphatic rings. The second-order valence-corrected chi connectivity index (χ2v) is 7.56. The van der Waals surface area contributed by atoms with Gasteiger partial charge in [0.15, 0.2) is 5.65 Å². The van der Waals surface area contributed by atoms with E-state index in [1.165, 1.54) is 0 Å². The number of rotatable bonds is 5. The molecule has 0 radical (unpaired) electrons. The van der Waals surface area contributed by atoms with Crippen LogP contribution in [-0.4, -0.2) is 30.3 Å². The minimum Gasteiger partial charge on any atom is -0.326 e. The number of nitrogens with one attached hydrogen (secondary N) is 1. The van der Waals surface area contributed by atoms with E-state index in [2.05, 4.69) is 20.5 Å². The molecule has 5 aromatic rings. The predicted octanol–water partition coefficient (Wildman–Crippen LogP) is 3.95. The van der Waals surface area contributed by atoms with Crippen molar-refractivity contribution in [2.24, 2.45) is 5.73 Å². The number of carbonyl (C=O) groups excluding carboxylic acids is 1. The number of benzene rings is 2. The Kier molecular flexibility index (Phi) is 5.14. The van der Waals surface area contributed by atoms with Gasteiger partial charge < -0.3 is 11.1 Å². The first kappa shape index (κ1) is 19.9. The topological polar surface area (TPSA) is 103 Å². The zero-order valence-corrected chi connectivity index (χ0v) is 17.6. The third kappa shape index (κ3) is 3.73. The van der Waals surface area contributed by atoms with Crippen molar-refractivity contribution >= 4 is 28.8 Å². The maximum absolute atomic E-state index is 12.6. The number of carbonyl (C=O) groups is 1. The number of amides is 1. The molecule has 5 rings (SSSR count). The van der Waals surface area contributed by atoms with Crippen molar-refractivity contribution in [1.29, 1.82) is 0 Å². The number of imidazole rings is 1. The molecule has 1 amide bonds. The molecule has 32 heavy (non-hydrogen) atoms. The van der Waals surface area contributed by atoms with E-state index in [0.717, 1.165) is 28.2 Å². The number of fused-ring (bicyclic) bond motifs is 1. The van der Waals surface area contributed by atoms with Crippen molar-refractivity contribution < 1.29 is 4.79 Å². The Morgan fingerprint density at radius 1 is 1.06 bits per heavy atom. The fraction of sp³-hybridized carbons (Fsp3) is 0.0435. The predicted molar refractivity (Wildman–Crippen MR) is 123 cm³/mol. The Labute approximate surface area is 188 Å². The molecule has 0 fully saturated rings. The van der Waals surface area contributed by atoms with Gasteiger partial charge in [0, 0.05) is 40.8 Å². The number of nitrogens with zero attached hydrogens (tertiary/aromatic N) is 5. The molecule has 0 unspecified atom stereocenters. The van der Waals surface area contributed by atoms with Gasteiger partial charge in [0.05, 0.1) is 23.8 Å². The highest BCUT2D eigenvalue weighted by Gasteiger charge is 2.13. The van der Waals surface area contributed by atoms with Crippen LogP contribution in [0.5, 0.6) is 0 Å². The fourth-order valence-electron chi connectivity index (χ4n) is 3.47. The van der Waals surface area contributed by atoms with Crippen LogP contribution < -0.4 is 11.1 Å². The van der Waals surface area contributed by atoms with E-state index in [1.807, 2.05) is 36.5 Å². The van der Waals surface area contributed by atoms with E-state index in [4.69, 9.17) is 17.3 Å². The Morgan fingerprint density at radius 2 is 1.97 bits per heavy atom. The molecule has 0 aliphatic carbocycles. The van der Waals surface area contributed by atoms with Crippen molar-refractivity contribution in [2.75, 3.05) is 5.32 Å². The van der Waals surface area contributed by atoms with Crippen LogP contribution in [0.1, 0.15) is 15.9 Å². The van der Waals surface area contributed by atoms with Crippen LogP contribution in [0.4, 0.5) is 5.69 Å². The number of nitrogens with two attached hydrogens (primary N) is 1. The van der Waals surface area contributed by atoms with Crippen molar-refractivity contribution in [3.63, 3.8) is 0 Å². The molecule has 3 N–H and O–H groups in total. The molecule has 3 heterocycles. The van der Waals surface area contributed by atoms with E-state index >= 15 is 0 Å². The van der Waals surface area contributed by atoms with Gasteiger partial charge >= 0.3 is 0 Å². The molecule has 0 saturated carbocycles. The van der Waals surface area contributed by atoms with E-state index in [1.54, 1.807) is 52.1 Å². The van der Waals surface area contributed by atoms with Crippen molar-refractivity contribution in [1.82, 2.24) is 24.4 Å². The minimum atomic E-state index is -0.253. The van der Waals surface area contributed by atoms with Crippen LogP contribution in [0.15, 0.2) is 79.4 Å². The van der Waals surface area contributed by atoms with Gasteiger partial charge in [-0.1, -0.05) is 23.7 Å². The van der Waals surface area contributed by atoms with Crippen LogP contribution in [0.25, 0.3) is 22.6 Å². The molecule has 9 heteroatoms. The summed E-state index contributed by atoms with van der Waals surface area (Å²) in [5, 5.41) is 12.3. The highest BCUT2D eigenvalue weighted by molar-refractivity contribution is 6.31. The Balaban J connectivity index is 1.48. The molecule has 0 spiro atoms. The van der Waals surface area contributed by atoms with Gasteiger partial charge in [-0.25, -0.2) is 14.2 Å². The van der Waals surface area contributed by atoms with Crippen molar-refractivity contribution in [3.05, 3.63) is 95.5 Å². The maximum atomic E-state index is 12.6. The van der Waals surface area contributed by atoms with Gasteiger partial charge in [-0.3, -0.25) is 4.79 Å². The van der Waals surface area contributed by atoms with Crippen LogP contribution in [0, 0.1) is 0 Å². The summed E-state index contributed by atoms with van der Waals surface area (Å²) in [6.07, 6.45) is 7.10. The van der Waals surface area contributed by atoms with E-state index < -0.39 is 0 Å². The van der Waals surface area contributed by atoms with Crippen LogP contribution >= 0.6 is 11.6 Å². The first-order chi connectivity index (χ1) is 15.6. The van der Waals surface area contributed by atoms with Crippen LogP contribution in [0.3, 0.4) is 0 Å². The number of anilines is 1. The summed E-state index contributed by atoms with van der Waals surface area (Å²) in [6.45, 7) is 0.324. The summed E-state index contributed by atoms with van der Waals surface area (Å²) in [5.74, 6) is -0.253. The summed E-state index contributed by atoms with van der Waals surface area (Å²) in [7, 11) is 0. The molecule has 2 aromatic carbocycles. The molecule has 0 atom stereocenters. The van der Waals surface area contributed by atoms with E-state index in [-0.39, 0.29) is 5.91 Å². The van der Waals surface area contributed by atoms with E-state index in [0.29, 0.717) is 22.8 Å². The third-order valence-electron chi connectivity index (χ3n) is 5.05. The smallest absolute Gasteiger partial charge is 0.255 e. The maximum Gasteiger partial charge on any atom is 0.255 e. The first-order valence-corrected chi connectivity index (χ1v) is 10.2. The van der Waals surface area contributed by atoms with Crippen LogP contribution in [-0.2, 0) is 6.54 Å². The largest absolute Gasteiger partial charge is 0.326 e. The Morgan fingerprint density at radius 3 is 2.81 bits per heavy atom. The molecule has 0 bridgehead atoms. The highest BCUT2D eigenvalue weighted by atomic mass is 35.5. The molecular weight excluding hydrogens is 426 g/mol. The van der Waals surface area contributed by atoms with Crippen molar-refractivity contribution in [2.45, 2.75) is 6.54 Å². The Hall–Kier alpha value is -4.01. The molecule has 0 aliphatic heterocycles. The summed E-state index contributed by atoms with van der Waals surface area (Å²) < 4.78 is 3.49. The summed E-state index contributed by atoms with van der Waals surface area (Å²) >= 11 is 6.00. The minimum absolute atomic E-state index is 0.253. The lowest BCUT2D eigenvalue weighted by Gasteiger charge is -2.12. The quantitative estimate of drug-likeness (QED) is 0.428. The number of hydrogen-bond acceptors (Lipinski definition) is 5. The number of aromatic nitrogens is 5. The summed E-state index contributed by atoms with van der Waals surface area (Å²) in [4.78, 5) is 17.0. The molecule has 158 valence electrons. The van der Waals surface area contributed by atoms with Gasteiger partial charge in [0.1, 0.15) is 0 Å². The average Bonchev–Trinajstić information content (AvgIpc) is 3.46. The van der Waals surface area contributed by atoms with Gasteiger partial charge in [-0.15, -0.1) is 0 Å². The second-order valence-electron chi connectivity index (χ2n) is 7.12. The van der Waals surface area contributed by atoms with Gasteiger partial charge in [0.2, 0.25) is 0 Å². The molecule has 3 aromatic heterocycles. The van der Waals surface area contributed by atoms with Crippen LogP contribution in [0.2, 0.25) is 5.02 Å². The van der Waals surface area contributed by atoms with E-state index in [9.17, 15) is 4.79 Å². The zero-order chi connectivity index (χ0) is 22.1. The fourth-order valence-corrected chi connectivity index (χ4v) is 3.66. The average molecular weight is 444 g/mol. The van der Waals surface area contributed by atoms with Crippen molar-refractivity contribution in [3.8, 4) is 16.9 Å². The molecular formula is C23H18ClN7O. The Bertz CT molecular complexity index is 1440. The normalized spacial score (nSPS) is 11.1. The summed E-state index contributed by atoms with van der Waals surface area (Å²) in [5.41, 5.74) is 11.1.